The average molecular weight is 555 g/mol. The van der Waals surface area contributed by atoms with Crippen LogP contribution in [0, 0.1) is 11.8 Å². The van der Waals surface area contributed by atoms with E-state index in [1.165, 1.54) is 38.5 Å². The second-order valence-electron chi connectivity index (χ2n) is 12.5. The third kappa shape index (κ3) is 18.3. The fourth-order valence-corrected chi connectivity index (χ4v) is 5.09. The molecule has 0 aliphatic rings. The lowest BCUT2D eigenvalue weighted by Gasteiger charge is -2.06. The smallest absolute Gasteiger partial charge is 0.165 e. The minimum absolute atomic E-state index is 0.0415. The standard InChI is InChI=1S/C36H58O4/c1-29(2)19-13-9-5-6-10-14-20-33(37)22-17-18-23-34(38)21-15-11-7-8-12-16-24-35(39)31-25-27-32(28-26-31)36(40)30(3)4/h25-30H,5-24H2,1-4H3. The fraction of sp³-hybridized carbons (Fsp3) is 0.722. The van der Waals surface area contributed by atoms with Gasteiger partial charge in [-0.1, -0.05) is 116 Å². The van der Waals surface area contributed by atoms with Gasteiger partial charge in [0.2, 0.25) is 0 Å². The predicted molar refractivity (Wildman–Crippen MR) is 167 cm³/mol. The van der Waals surface area contributed by atoms with Crippen LogP contribution in [0.4, 0.5) is 0 Å². The third-order valence-corrected chi connectivity index (χ3v) is 7.77. The van der Waals surface area contributed by atoms with E-state index >= 15 is 0 Å². The molecule has 4 heteroatoms. The van der Waals surface area contributed by atoms with Crippen molar-refractivity contribution in [2.45, 2.75) is 156 Å². The Bertz CT molecular complexity index is 850. The largest absolute Gasteiger partial charge is 0.300 e. The quantitative estimate of drug-likeness (QED) is 0.0843. The number of benzene rings is 1. The Morgan fingerprint density at radius 3 is 1.25 bits per heavy atom. The molecule has 1 aromatic carbocycles. The molecule has 1 rings (SSSR count). The number of rotatable bonds is 26. The summed E-state index contributed by atoms with van der Waals surface area (Å²) in [5.41, 5.74) is 1.35. The number of hydrogen-bond acceptors (Lipinski definition) is 4. The van der Waals surface area contributed by atoms with Crippen LogP contribution in [0.15, 0.2) is 24.3 Å². The molecule has 0 amide bonds. The summed E-state index contributed by atoms with van der Waals surface area (Å²) in [7, 11) is 0. The maximum Gasteiger partial charge on any atom is 0.165 e. The molecule has 0 unspecified atom stereocenters. The van der Waals surface area contributed by atoms with Gasteiger partial charge < -0.3 is 0 Å². The van der Waals surface area contributed by atoms with E-state index < -0.39 is 0 Å². The zero-order chi connectivity index (χ0) is 29.6. The van der Waals surface area contributed by atoms with Crippen molar-refractivity contribution >= 4 is 23.1 Å². The summed E-state index contributed by atoms with van der Waals surface area (Å²) in [4.78, 5) is 48.6. The number of ketones is 4. The van der Waals surface area contributed by atoms with Gasteiger partial charge in [0.25, 0.3) is 0 Å². The topological polar surface area (TPSA) is 68.3 Å². The Kier molecular flexibility index (Phi) is 20.3. The van der Waals surface area contributed by atoms with Crippen molar-refractivity contribution < 1.29 is 19.2 Å². The van der Waals surface area contributed by atoms with Crippen molar-refractivity contribution in [1.82, 2.24) is 0 Å². The molecule has 0 fully saturated rings. The Labute approximate surface area is 245 Å². The van der Waals surface area contributed by atoms with Crippen molar-refractivity contribution in [2.24, 2.45) is 11.8 Å². The minimum Gasteiger partial charge on any atom is -0.300 e. The molecule has 0 aliphatic carbocycles. The zero-order valence-electron chi connectivity index (χ0n) is 26.2. The molecule has 40 heavy (non-hydrogen) atoms. The number of unbranched alkanes of at least 4 members (excludes halogenated alkanes) is 11. The summed E-state index contributed by atoms with van der Waals surface area (Å²) in [6.07, 6.45) is 19.6. The van der Waals surface area contributed by atoms with Crippen LogP contribution in [0.3, 0.4) is 0 Å². The first-order chi connectivity index (χ1) is 19.2. The molecule has 0 aliphatic heterocycles. The van der Waals surface area contributed by atoms with Gasteiger partial charge in [0.1, 0.15) is 11.6 Å². The van der Waals surface area contributed by atoms with Crippen LogP contribution in [0.25, 0.3) is 0 Å². The molecule has 0 N–H and O–H groups in total. The van der Waals surface area contributed by atoms with E-state index in [9.17, 15) is 19.2 Å². The second kappa shape index (κ2) is 22.6. The number of carbonyl (C=O) groups excluding carboxylic acids is 4. The SMILES string of the molecule is CC(C)CCCCCCCCC(=O)CCCCC(=O)CCCCCCCCC(=O)c1ccc(C(=O)C(C)C)cc1. The number of carbonyl (C=O) groups is 4. The van der Waals surface area contributed by atoms with Gasteiger partial charge in [0.15, 0.2) is 11.6 Å². The lowest BCUT2D eigenvalue weighted by atomic mass is 9.97. The maximum atomic E-state index is 12.4. The molecule has 0 aromatic heterocycles. The summed E-state index contributed by atoms with van der Waals surface area (Å²) in [5, 5.41) is 0. The lowest BCUT2D eigenvalue weighted by molar-refractivity contribution is -0.121. The third-order valence-electron chi connectivity index (χ3n) is 7.77. The summed E-state index contributed by atoms with van der Waals surface area (Å²) >= 11 is 0. The highest BCUT2D eigenvalue weighted by molar-refractivity contribution is 6.00. The molecule has 0 radical (unpaired) electrons. The molecule has 0 bridgehead atoms. The van der Waals surface area contributed by atoms with E-state index in [4.69, 9.17) is 0 Å². The van der Waals surface area contributed by atoms with E-state index in [1.54, 1.807) is 24.3 Å². The Morgan fingerprint density at radius 2 is 0.825 bits per heavy atom. The zero-order valence-corrected chi connectivity index (χ0v) is 26.2. The Balaban J connectivity index is 1.94. The molecule has 1 aromatic rings. The monoisotopic (exact) mass is 554 g/mol. The van der Waals surface area contributed by atoms with Gasteiger partial charge >= 0.3 is 0 Å². The van der Waals surface area contributed by atoms with Crippen LogP contribution in [0.1, 0.15) is 177 Å². The van der Waals surface area contributed by atoms with Gasteiger partial charge in [-0.2, -0.15) is 0 Å². The second-order valence-corrected chi connectivity index (χ2v) is 12.5. The van der Waals surface area contributed by atoms with Crippen molar-refractivity contribution in [1.29, 1.82) is 0 Å². The van der Waals surface area contributed by atoms with Gasteiger partial charge in [0, 0.05) is 49.1 Å². The normalized spacial score (nSPS) is 11.3. The van der Waals surface area contributed by atoms with Crippen LogP contribution in [0.2, 0.25) is 0 Å². The van der Waals surface area contributed by atoms with E-state index in [-0.39, 0.29) is 17.5 Å². The lowest BCUT2D eigenvalue weighted by Crippen LogP contribution is -2.08. The highest BCUT2D eigenvalue weighted by atomic mass is 16.1. The molecule has 0 saturated heterocycles. The highest BCUT2D eigenvalue weighted by Crippen LogP contribution is 2.16. The van der Waals surface area contributed by atoms with Crippen LogP contribution in [-0.4, -0.2) is 23.1 Å². The van der Waals surface area contributed by atoms with Crippen LogP contribution in [0.5, 0.6) is 0 Å². The highest BCUT2D eigenvalue weighted by Gasteiger charge is 2.12. The van der Waals surface area contributed by atoms with Crippen LogP contribution in [-0.2, 0) is 9.59 Å². The Hall–Kier alpha value is -2.10. The number of hydrogen-bond donors (Lipinski definition) is 0. The fourth-order valence-electron chi connectivity index (χ4n) is 5.09. The number of Topliss-reactive ketones (excluding diaryl/α,β-unsaturated/α-hetero) is 4. The van der Waals surface area contributed by atoms with Crippen molar-refractivity contribution in [3.63, 3.8) is 0 Å². The van der Waals surface area contributed by atoms with Gasteiger partial charge in [-0.25, -0.2) is 0 Å². The summed E-state index contributed by atoms with van der Waals surface area (Å²) in [5.74, 6) is 1.70. The first kappa shape index (κ1) is 35.9. The molecule has 4 nitrogen and oxygen atoms in total. The molecule has 226 valence electrons. The van der Waals surface area contributed by atoms with Crippen LogP contribution < -0.4 is 0 Å². The molecular weight excluding hydrogens is 496 g/mol. The Morgan fingerprint density at radius 1 is 0.475 bits per heavy atom. The van der Waals surface area contributed by atoms with Gasteiger partial charge in [-0.15, -0.1) is 0 Å². The van der Waals surface area contributed by atoms with Crippen molar-refractivity contribution in [3.05, 3.63) is 35.4 Å². The molecule has 0 saturated carbocycles. The summed E-state index contributed by atoms with van der Waals surface area (Å²) in [6.45, 7) is 8.32. The summed E-state index contributed by atoms with van der Waals surface area (Å²) in [6, 6.07) is 7.06. The van der Waals surface area contributed by atoms with Gasteiger partial charge in [-0.05, 0) is 38.0 Å². The van der Waals surface area contributed by atoms with Gasteiger partial charge in [-0.3, -0.25) is 19.2 Å². The van der Waals surface area contributed by atoms with Crippen LogP contribution >= 0.6 is 0 Å². The summed E-state index contributed by atoms with van der Waals surface area (Å²) < 4.78 is 0. The van der Waals surface area contributed by atoms with Crippen molar-refractivity contribution in [2.75, 3.05) is 0 Å². The molecule has 0 spiro atoms. The molecular formula is C36H58O4. The molecule has 0 heterocycles. The molecule has 0 atom stereocenters. The van der Waals surface area contributed by atoms with E-state index in [2.05, 4.69) is 13.8 Å². The van der Waals surface area contributed by atoms with E-state index in [1.807, 2.05) is 13.8 Å². The van der Waals surface area contributed by atoms with Crippen molar-refractivity contribution in [3.8, 4) is 0 Å². The minimum atomic E-state index is -0.0415. The maximum absolute atomic E-state index is 12.4. The van der Waals surface area contributed by atoms with E-state index in [0.717, 1.165) is 63.7 Å². The van der Waals surface area contributed by atoms with Gasteiger partial charge in [0.05, 0.1) is 0 Å². The van der Waals surface area contributed by atoms with E-state index in [0.29, 0.717) is 54.8 Å². The first-order valence-electron chi connectivity index (χ1n) is 16.4. The predicted octanol–water partition coefficient (Wildman–Crippen LogP) is 10.3. The first-order valence-corrected chi connectivity index (χ1v) is 16.4. The average Bonchev–Trinajstić information content (AvgIpc) is 2.93.